The molecule has 88 valence electrons. The van der Waals surface area contributed by atoms with Gasteiger partial charge in [0, 0.05) is 17.1 Å². The molecule has 0 aliphatic rings. The highest BCUT2D eigenvalue weighted by Crippen LogP contribution is 2.21. The van der Waals surface area contributed by atoms with Crippen LogP contribution in [0, 0.1) is 5.82 Å². The molecule has 1 atom stereocenters. The van der Waals surface area contributed by atoms with Crippen LogP contribution in [0.4, 0.5) is 4.39 Å². The Labute approximate surface area is 104 Å². The molecule has 0 aliphatic heterocycles. The van der Waals surface area contributed by atoms with E-state index in [2.05, 4.69) is 27.8 Å². The van der Waals surface area contributed by atoms with Gasteiger partial charge in [0.25, 0.3) is 0 Å². The zero-order chi connectivity index (χ0) is 12.1. The minimum Gasteiger partial charge on any atom is -0.494 e. The number of benzene rings is 1. The summed E-state index contributed by atoms with van der Waals surface area (Å²) in [7, 11) is 1.45. The number of rotatable bonds is 5. The first-order valence-corrected chi connectivity index (χ1v) is 5.74. The fraction of sp³-hybridized carbons (Fsp3) is 0.333. The summed E-state index contributed by atoms with van der Waals surface area (Å²) in [6.07, 6.45) is 0. The molecule has 1 unspecified atom stereocenters. The highest BCUT2D eigenvalue weighted by Gasteiger charge is 2.08. The van der Waals surface area contributed by atoms with Gasteiger partial charge in [-0.1, -0.05) is 28.6 Å². The molecule has 0 amide bonds. The van der Waals surface area contributed by atoms with Gasteiger partial charge in [-0.15, -0.1) is 0 Å². The van der Waals surface area contributed by atoms with Gasteiger partial charge in [-0.25, -0.2) is 4.39 Å². The highest BCUT2D eigenvalue weighted by atomic mass is 79.9. The Balaban J connectivity index is 2.72. The van der Waals surface area contributed by atoms with E-state index < -0.39 is 0 Å². The zero-order valence-electron chi connectivity index (χ0n) is 9.39. The summed E-state index contributed by atoms with van der Waals surface area (Å²) in [5.41, 5.74) is 0.882. The number of methoxy groups -OCH3 is 1. The SMILES string of the molecule is C=C(Br)CNC(C)c1ccc(OC)c(F)c1. The van der Waals surface area contributed by atoms with Crippen LogP contribution >= 0.6 is 15.9 Å². The van der Waals surface area contributed by atoms with E-state index in [1.165, 1.54) is 13.2 Å². The van der Waals surface area contributed by atoms with Crippen LogP contribution in [0.15, 0.2) is 29.3 Å². The maximum Gasteiger partial charge on any atom is 0.165 e. The number of hydrogen-bond acceptors (Lipinski definition) is 2. The van der Waals surface area contributed by atoms with Crippen molar-refractivity contribution in [2.75, 3.05) is 13.7 Å². The maximum atomic E-state index is 13.4. The minimum atomic E-state index is -0.341. The summed E-state index contributed by atoms with van der Waals surface area (Å²) in [4.78, 5) is 0. The molecule has 0 aliphatic carbocycles. The van der Waals surface area contributed by atoms with Gasteiger partial charge in [-0.3, -0.25) is 0 Å². The highest BCUT2D eigenvalue weighted by molar-refractivity contribution is 9.11. The van der Waals surface area contributed by atoms with Crippen molar-refractivity contribution in [1.82, 2.24) is 5.32 Å². The molecule has 0 spiro atoms. The summed E-state index contributed by atoms with van der Waals surface area (Å²) >= 11 is 3.26. The molecular formula is C12H15BrFNO. The molecular weight excluding hydrogens is 273 g/mol. The summed E-state index contributed by atoms with van der Waals surface area (Å²) in [5.74, 6) is -0.0767. The van der Waals surface area contributed by atoms with Crippen molar-refractivity contribution in [1.29, 1.82) is 0 Å². The lowest BCUT2D eigenvalue weighted by molar-refractivity contribution is 0.385. The Morgan fingerprint density at radius 3 is 2.81 bits per heavy atom. The number of halogens is 2. The standard InChI is InChI=1S/C12H15BrFNO/c1-8(13)7-15-9(2)10-4-5-12(16-3)11(14)6-10/h4-6,9,15H,1,7H2,2-3H3. The van der Waals surface area contributed by atoms with Crippen molar-refractivity contribution >= 4 is 15.9 Å². The maximum absolute atomic E-state index is 13.4. The molecule has 0 fully saturated rings. The Kier molecular flexibility index (Phi) is 4.96. The smallest absolute Gasteiger partial charge is 0.165 e. The summed E-state index contributed by atoms with van der Waals surface area (Å²) in [6.45, 7) is 6.34. The first kappa shape index (κ1) is 13.2. The molecule has 0 bridgehead atoms. The molecule has 0 saturated heterocycles. The molecule has 1 aromatic rings. The number of nitrogens with one attached hydrogen (secondary N) is 1. The van der Waals surface area contributed by atoms with Crippen molar-refractivity contribution in [2.45, 2.75) is 13.0 Å². The van der Waals surface area contributed by atoms with Crippen LogP contribution in [-0.4, -0.2) is 13.7 Å². The van der Waals surface area contributed by atoms with E-state index in [4.69, 9.17) is 4.74 Å². The normalized spacial score (nSPS) is 12.2. The minimum absolute atomic E-state index is 0.0645. The van der Waals surface area contributed by atoms with Gasteiger partial charge >= 0.3 is 0 Å². The largest absolute Gasteiger partial charge is 0.494 e. The zero-order valence-corrected chi connectivity index (χ0v) is 11.0. The third kappa shape index (κ3) is 3.61. The topological polar surface area (TPSA) is 21.3 Å². The van der Waals surface area contributed by atoms with Gasteiger partial charge in [0.15, 0.2) is 11.6 Å². The van der Waals surface area contributed by atoms with Gasteiger partial charge < -0.3 is 10.1 Å². The van der Waals surface area contributed by atoms with E-state index in [-0.39, 0.29) is 17.6 Å². The molecule has 16 heavy (non-hydrogen) atoms. The van der Waals surface area contributed by atoms with E-state index in [1.807, 2.05) is 13.0 Å². The van der Waals surface area contributed by atoms with E-state index >= 15 is 0 Å². The lowest BCUT2D eigenvalue weighted by atomic mass is 10.1. The van der Waals surface area contributed by atoms with Gasteiger partial charge in [0.05, 0.1) is 7.11 Å². The Bertz CT molecular complexity index is 381. The quantitative estimate of drug-likeness (QED) is 0.896. The van der Waals surface area contributed by atoms with Crippen LogP contribution in [0.3, 0.4) is 0 Å². The second-order valence-corrected chi connectivity index (χ2v) is 4.64. The fourth-order valence-corrected chi connectivity index (χ4v) is 1.50. The van der Waals surface area contributed by atoms with E-state index in [0.717, 1.165) is 10.0 Å². The average Bonchev–Trinajstić information content (AvgIpc) is 2.25. The second kappa shape index (κ2) is 6.01. The fourth-order valence-electron chi connectivity index (χ4n) is 1.33. The van der Waals surface area contributed by atoms with E-state index in [0.29, 0.717) is 6.54 Å². The summed E-state index contributed by atoms with van der Waals surface area (Å²) in [5, 5.41) is 3.21. The van der Waals surface area contributed by atoms with Crippen molar-refractivity contribution in [3.8, 4) is 5.75 Å². The third-order valence-corrected chi connectivity index (χ3v) is 2.56. The van der Waals surface area contributed by atoms with E-state index in [9.17, 15) is 4.39 Å². The first-order chi connectivity index (χ1) is 7.54. The number of hydrogen-bond donors (Lipinski definition) is 1. The third-order valence-electron chi connectivity index (χ3n) is 2.28. The van der Waals surface area contributed by atoms with Crippen LogP contribution < -0.4 is 10.1 Å². The molecule has 1 rings (SSSR count). The lowest BCUT2D eigenvalue weighted by Gasteiger charge is -2.14. The second-order valence-electron chi connectivity index (χ2n) is 3.51. The molecule has 1 aromatic carbocycles. The molecule has 2 nitrogen and oxygen atoms in total. The van der Waals surface area contributed by atoms with Crippen LogP contribution in [0.2, 0.25) is 0 Å². The molecule has 0 saturated carbocycles. The van der Waals surface area contributed by atoms with Crippen LogP contribution in [0.25, 0.3) is 0 Å². The van der Waals surface area contributed by atoms with Crippen molar-refractivity contribution < 1.29 is 9.13 Å². The predicted octanol–water partition coefficient (Wildman–Crippen LogP) is 3.39. The predicted molar refractivity (Wildman–Crippen MR) is 67.4 cm³/mol. The van der Waals surface area contributed by atoms with Gasteiger partial charge in [-0.05, 0) is 24.6 Å². The van der Waals surface area contributed by atoms with Gasteiger partial charge in [-0.2, -0.15) is 0 Å². The van der Waals surface area contributed by atoms with Gasteiger partial charge in [0.1, 0.15) is 0 Å². The molecule has 1 N–H and O–H groups in total. The lowest BCUT2D eigenvalue weighted by Crippen LogP contribution is -2.19. The summed E-state index contributed by atoms with van der Waals surface area (Å²) in [6, 6.07) is 5.02. The molecule has 0 heterocycles. The Morgan fingerprint density at radius 1 is 1.62 bits per heavy atom. The molecule has 0 radical (unpaired) electrons. The van der Waals surface area contributed by atoms with Crippen LogP contribution in [0.1, 0.15) is 18.5 Å². The Morgan fingerprint density at radius 2 is 2.31 bits per heavy atom. The first-order valence-electron chi connectivity index (χ1n) is 4.94. The van der Waals surface area contributed by atoms with Gasteiger partial charge in [0.2, 0.25) is 0 Å². The Hall–Kier alpha value is -0.870. The van der Waals surface area contributed by atoms with Crippen LogP contribution in [-0.2, 0) is 0 Å². The molecule has 4 heteroatoms. The van der Waals surface area contributed by atoms with Crippen molar-refractivity contribution in [3.63, 3.8) is 0 Å². The summed E-state index contributed by atoms with van der Waals surface area (Å²) < 4.78 is 19.2. The molecule has 0 aromatic heterocycles. The monoisotopic (exact) mass is 287 g/mol. The van der Waals surface area contributed by atoms with E-state index in [1.54, 1.807) is 6.07 Å². The number of ether oxygens (including phenoxy) is 1. The van der Waals surface area contributed by atoms with Crippen LogP contribution in [0.5, 0.6) is 5.75 Å². The van der Waals surface area contributed by atoms with Crippen molar-refractivity contribution in [2.24, 2.45) is 0 Å². The van der Waals surface area contributed by atoms with Crippen molar-refractivity contribution in [3.05, 3.63) is 40.6 Å². The average molecular weight is 288 g/mol.